The third-order valence-corrected chi connectivity index (χ3v) is 6.25. The number of rotatable bonds is 7. The molecule has 0 aromatic carbocycles. The summed E-state index contributed by atoms with van der Waals surface area (Å²) in [6.45, 7) is 3.87. The van der Waals surface area contributed by atoms with Crippen LogP contribution >= 0.6 is 43.2 Å². The van der Waals surface area contributed by atoms with E-state index in [0.29, 0.717) is 24.2 Å². The van der Waals surface area contributed by atoms with Gasteiger partial charge in [-0.05, 0) is 76.4 Å². The number of nitrogens with one attached hydrogen (secondary N) is 2. The fourth-order valence-corrected chi connectivity index (χ4v) is 4.82. The lowest BCUT2D eigenvalue weighted by Crippen LogP contribution is -2.41. The lowest BCUT2D eigenvalue weighted by molar-refractivity contribution is -0.121. The van der Waals surface area contributed by atoms with Crippen LogP contribution in [0.4, 0.5) is 0 Å². The third-order valence-electron chi connectivity index (χ3n) is 4.16. The quantitative estimate of drug-likeness (QED) is 0.484. The molecular formula is C19H20Br2N4O2S. The summed E-state index contributed by atoms with van der Waals surface area (Å²) in [5, 5.41) is 5.97. The number of halogens is 2. The zero-order valence-corrected chi connectivity index (χ0v) is 19.4. The van der Waals surface area contributed by atoms with Crippen LogP contribution in [0.5, 0.6) is 0 Å². The second-order valence-electron chi connectivity index (χ2n) is 6.68. The molecule has 2 N–H and O–H groups in total. The molecule has 0 spiro atoms. The van der Waals surface area contributed by atoms with Gasteiger partial charge in [0.25, 0.3) is 5.91 Å². The molecule has 0 aliphatic rings. The molecule has 3 aromatic rings. The van der Waals surface area contributed by atoms with Gasteiger partial charge in [-0.15, -0.1) is 11.3 Å². The largest absolute Gasteiger partial charge is 0.353 e. The number of imidazole rings is 1. The van der Waals surface area contributed by atoms with Crippen molar-refractivity contribution in [3.05, 3.63) is 55.5 Å². The van der Waals surface area contributed by atoms with E-state index in [1.54, 1.807) is 21.9 Å². The highest BCUT2D eigenvalue weighted by Crippen LogP contribution is 2.22. The van der Waals surface area contributed by atoms with E-state index in [4.69, 9.17) is 0 Å². The molecule has 148 valence electrons. The average Bonchev–Trinajstić information content (AvgIpc) is 3.19. The van der Waals surface area contributed by atoms with E-state index in [2.05, 4.69) is 47.5 Å². The Morgan fingerprint density at radius 1 is 1.14 bits per heavy atom. The molecule has 0 fully saturated rings. The number of carbonyl (C=O) groups excluding carboxylic acids is 2. The van der Waals surface area contributed by atoms with E-state index in [-0.39, 0.29) is 23.9 Å². The molecule has 3 aromatic heterocycles. The molecule has 2 unspecified atom stereocenters. The fourth-order valence-electron chi connectivity index (χ4n) is 3.00. The number of aromatic nitrogens is 2. The Balaban J connectivity index is 1.52. The summed E-state index contributed by atoms with van der Waals surface area (Å²) in [4.78, 5) is 30.1. The van der Waals surface area contributed by atoms with E-state index in [0.717, 1.165) is 13.1 Å². The zero-order chi connectivity index (χ0) is 20.3. The second-order valence-corrected chi connectivity index (χ2v) is 10.1. The topological polar surface area (TPSA) is 75.5 Å². The molecular weight excluding hydrogens is 508 g/mol. The van der Waals surface area contributed by atoms with Crippen LogP contribution in [0.15, 0.2) is 44.9 Å². The smallest absolute Gasteiger partial charge is 0.270 e. The molecule has 3 heterocycles. The van der Waals surface area contributed by atoms with Gasteiger partial charge in [0.05, 0.1) is 16.4 Å². The minimum absolute atomic E-state index is 0.0213. The summed E-state index contributed by atoms with van der Waals surface area (Å²) in [6.07, 6.45) is 4.37. The van der Waals surface area contributed by atoms with Crippen LogP contribution in [0.3, 0.4) is 0 Å². The first-order valence-electron chi connectivity index (χ1n) is 8.79. The van der Waals surface area contributed by atoms with E-state index in [1.165, 1.54) is 0 Å². The zero-order valence-electron chi connectivity index (χ0n) is 15.4. The number of nitrogens with zero attached hydrogens (tertiary/aromatic N) is 2. The van der Waals surface area contributed by atoms with Gasteiger partial charge in [0.15, 0.2) is 0 Å². The first-order valence-corrected chi connectivity index (χ1v) is 11.2. The van der Waals surface area contributed by atoms with Gasteiger partial charge in [-0.2, -0.15) is 0 Å². The number of thiophene rings is 1. The SMILES string of the molecule is CC(CC(C)NC(=O)c1cnc2ccc(Br)cn12)NC(=O)Cc1ccc(Br)s1. The van der Waals surface area contributed by atoms with Gasteiger partial charge in [0.2, 0.25) is 5.91 Å². The van der Waals surface area contributed by atoms with Crippen molar-refractivity contribution >= 4 is 60.7 Å². The van der Waals surface area contributed by atoms with Crippen molar-refractivity contribution in [1.82, 2.24) is 20.0 Å². The number of hydrogen-bond acceptors (Lipinski definition) is 4. The predicted molar refractivity (Wildman–Crippen MR) is 118 cm³/mol. The summed E-state index contributed by atoms with van der Waals surface area (Å²) < 4.78 is 3.63. The van der Waals surface area contributed by atoms with E-state index in [1.807, 2.05) is 44.3 Å². The van der Waals surface area contributed by atoms with Crippen molar-refractivity contribution in [2.75, 3.05) is 0 Å². The van der Waals surface area contributed by atoms with E-state index in [9.17, 15) is 9.59 Å². The molecule has 0 bridgehead atoms. The Kier molecular flexibility index (Phi) is 6.90. The molecule has 0 radical (unpaired) electrons. The molecule has 0 saturated carbocycles. The van der Waals surface area contributed by atoms with Crippen molar-refractivity contribution in [3.8, 4) is 0 Å². The van der Waals surface area contributed by atoms with Gasteiger partial charge in [-0.3, -0.25) is 14.0 Å². The van der Waals surface area contributed by atoms with Crippen LogP contribution in [-0.2, 0) is 11.2 Å². The molecule has 3 rings (SSSR count). The number of fused-ring (bicyclic) bond motifs is 1. The van der Waals surface area contributed by atoms with Crippen LogP contribution in [0.2, 0.25) is 0 Å². The van der Waals surface area contributed by atoms with Crippen molar-refractivity contribution in [1.29, 1.82) is 0 Å². The van der Waals surface area contributed by atoms with Gasteiger partial charge in [0, 0.05) is 27.6 Å². The van der Waals surface area contributed by atoms with Crippen molar-refractivity contribution in [2.24, 2.45) is 0 Å². The maximum atomic E-state index is 12.6. The van der Waals surface area contributed by atoms with Gasteiger partial charge in [0.1, 0.15) is 11.3 Å². The summed E-state index contributed by atoms with van der Waals surface area (Å²) in [7, 11) is 0. The first-order chi connectivity index (χ1) is 13.3. The number of carbonyl (C=O) groups is 2. The molecule has 0 aliphatic heterocycles. The van der Waals surface area contributed by atoms with E-state index < -0.39 is 0 Å². The highest BCUT2D eigenvalue weighted by atomic mass is 79.9. The maximum Gasteiger partial charge on any atom is 0.270 e. The van der Waals surface area contributed by atoms with Crippen LogP contribution in [-0.4, -0.2) is 33.3 Å². The van der Waals surface area contributed by atoms with Crippen molar-refractivity contribution in [3.63, 3.8) is 0 Å². The Morgan fingerprint density at radius 3 is 2.61 bits per heavy atom. The maximum absolute atomic E-state index is 12.6. The molecule has 9 heteroatoms. The molecule has 0 aliphatic carbocycles. The Bertz CT molecular complexity index is 1000. The number of pyridine rings is 1. The molecule has 6 nitrogen and oxygen atoms in total. The molecule has 0 saturated heterocycles. The number of amides is 2. The Morgan fingerprint density at radius 2 is 1.89 bits per heavy atom. The Labute approximate surface area is 184 Å². The predicted octanol–water partition coefficient (Wildman–Crippen LogP) is 4.18. The van der Waals surface area contributed by atoms with Crippen LogP contribution in [0, 0.1) is 0 Å². The van der Waals surface area contributed by atoms with Gasteiger partial charge in [-0.25, -0.2) is 4.98 Å². The van der Waals surface area contributed by atoms with Gasteiger partial charge < -0.3 is 10.6 Å². The summed E-state index contributed by atoms with van der Waals surface area (Å²) in [5.41, 5.74) is 1.19. The molecule has 28 heavy (non-hydrogen) atoms. The highest BCUT2D eigenvalue weighted by molar-refractivity contribution is 9.11. The van der Waals surface area contributed by atoms with Crippen LogP contribution in [0.25, 0.3) is 5.65 Å². The normalized spacial score (nSPS) is 13.3. The molecule has 2 atom stereocenters. The third kappa shape index (κ3) is 5.42. The molecule has 2 amide bonds. The van der Waals surface area contributed by atoms with Crippen molar-refractivity contribution in [2.45, 2.75) is 38.8 Å². The minimum Gasteiger partial charge on any atom is -0.353 e. The lowest BCUT2D eigenvalue weighted by Gasteiger charge is -2.19. The standard InChI is InChI=1S/C19H20Br2N4O2S/c1-11(23-18(26)8-14-4-5-16(21)28-14)7-12(2)24-19(27)15-9-22-17-6-3-13(20)10-25(15)17/h3-6,9-12H,7-8H2,1-2H3,(H,23,26)(H,24,27). The minimum atomic E-state index is -0.194. The monoisotopic (exact) mass is 526 g/mol. The summed E-state index contributed by atoms with van der Waals surface area (Å²) in [6, 6.07) is 7.45. The average molecular weight is 528 g/mol. The fraction of sp³-hybridized carbons (Fsp3) is 0.316. The van der Waals surface area contributed by atoms with Crippen LogP contribution < -0.4 is 10.6 Å². The lowest BCUT2D eigenvalue weighted by atomic mass is 10.1. The van der Waals surface area contributed by atoms with Crippen LogP contribution in [0.1, 0.15) is 35.6 Å². The Hall–Kier alpha value is -1.71. The van der Waals surface area contributed by atoms with E-state index >= 15 is 0 Å². The van der Waals surface area contributed by atoms with Gasteiger partial charge in [-0.1, -0.05) is 0 Å². The highest BCUT2D eigenvalue weighted by Gasteiger charge is 2.17. The van der Waals surface area contributed by atoms with Gasteiger partial charge >= 0.3 is 0 Å². The first kappa shape index (κ1) is 21.0. The second kappa shape index (κ2) is 9.19. The number of hydrogen-bond donors (Lipinski definition) is 2. The van der Waals surface area contributed by atoms with Crippen molar-refractivity contribution < 1.29 is 9.59 Å². The summed E-state index contributed by atoms with van der Waals surface area (Å²) in [5.74, 6) is -0.216. The summed E-state index contributed by atoms with van der Waals surface area (Å²) >= 11 is 8.36.